The molecule has 1 aromatic carbocycles. The molecule has 2 unspecified atom stereocenters. The number of hydrogen-bond acceptors (Lipinski definition) is 6. The molecule has 0 spiro atoms. The highest BCUT2D eigenvalue weighted by Crippen LogP contribution is 2.45. The number of nitrogens with zero attached hydrogens (tertiary/aromatic N) is 3. The molecular weight excluding hydrogens is 346 g/mol. The van der Waals surface area contributed by atoms with Crippen molar-refractivity contribution in [3.05, 3.63) is 47.7 Å². The van der Waals surface area contributed by atoms with Gasteiger partial charge in [0.05, 0.1) is 0 Å². The zero-order valence-corrected chi connectivity index (χ0v) is 13.7. The highest BCUT2D eigenvalue weighted by molar-refractivity contribution is 5.83. The summed E-state index contributed by atoms with van der Waals surface area (Å²) >= 11 is 0. The number of benzene rings is 1. The Morgan fingerprint density at radius 3 is 2.85 bits per heavy atom. The summed E-state index contributed by atoms with van der Waals surface area (Å²) in [5.41, 5.74) is 0.630. The van der Waals surface area contributed by atoms with E-state index in [-0.39, 0.29) is 18.8 Å². The van der Waals surface area contributed by atoms with E-state index in [0.29, 0.717) is 5.56 Å². The molecule has 3 rings (SSSR count). The minimum Gasteiger partial charge on any atom is -0.600 e. The van der Waals surface area contributed by atoms with Gasteiger partial charge in [-0.15, -0.1) is 0 Å². The number of fused-ring (bicyclic) bond motifs is 4. The molecule has 2 atom stereocenters. The number of carboxylic acid groups (broad SMARTS) is 1. The number of aliphatic carboxylic acids is 1. The van der Waals surface area contributed by atoms with Gasteiger partial charge in [0.1, 0.15) is 19.2 Å². The molecule has 2 heterocycles. The minimum absolute atomic E-state index is 0.00764. The molecule has 2 aliphatic heterocycles. The second kappa shape index (κ2) is 6.75. The maximum atomic E-state index is 13.3. The Balaban J connectivity index is 1.88. The fraction of sp³-hybridized carbons (Fsp3) is 0.312. The van der Waals surface area contributed by atoms with Gasteiger partial charge in [-0.3, -0.25) is 4.84 Å². The number of ether oxygens (including phenoxy) is 1. The zero-order chi connectivity index (χ0) is 18.9. The Hall–Kier alpha value is -2.95. The third kappa shape index (κ3) is 2.90. The lowest BCUT2D eigenvalue weighted by Crippen LogP contribution is -2.62. The van der Waals surface area contributed by atoms with Gasteiger partial charge in [-0.05, 0) is 0 Å². The molecule has 2 bridgehead atoms. The molecule has 0 aliphatic carbocycles. The normalized spacial score (nSPS) is 23.6. The molecule has 0 radical (unpaired) electrons. The lowest BCUT2D eigenvalue weighted by molar-refractivity contribution is -0.172. The number of esters is 1. The standard InChI is InChI=1S/C16H17N3O7/c1-2-7-25-15(22)10-26-18-12-8-17(16(18)23)19(24,9-14(20)21)13-6-4-3-5-11(12)13/h2-6,12H,1,7-10H2,(H,20,21). The molecular formula is C16H17N3O7. The van der Waals surface area contributed by atoms with Crippen molar-refractivity contribution in [1.82, 2.24) is 14.8 Å². The number of rotatable bonds is 7. The number of carbonyl (C=O) groups is 3. The largest absolute Gasteiger partial charge is 0.600 e. The summed E-state index contributed by atoms with van der Waals surface area (Å²) in [4.78, 5) is 40.7. The maximum Gasteiger partial charge on any atom is 0.389 e. The lowest BCUT2D eigenvalue weighted by Gasteiger charge is -2.47. The number of urea groups is 1. The molecule has 2 aliphatic rings. The first-order valence-corrected chi connectivity index (χ1v) is 7.79. The number of hydrogen-bond donors (Lipinski definition) is 1. The molecule has 0 saturated carbocycles. The fourth-order valence-electron chi connectivity index (χ4n) is 3.09. The van der Waals surface area contributed by atoms with Gasteiger partial charge in [0.2, 0.25) is 6.54 Å². The van der Waals surface area contributed by atoms with Crippen molar-refractivity contribution in [3.63, 3.8) is 0 Å². The lowest BCUT2D eigenvalue weighted by atomic mass is 10.0. The summed E-state index contributed by atoms with van der Waals surface area (Å²) in [7, 11) is 0. The monoisotopic (exact) mass is 363 g/mol. The van der Waals surface area contributed by atoms with E-state index in [0.717, 1.165) is 10.1 Å². The van der Waals surface area contributed by atoms with E-state index in [4.69, 9.17) is 14.7 Å². The van der Waals surface area contributed by atoms with Crippen LogP contribution in [0.2, 0.25) is 0 Å². The molecule has 1 aromatic rings. The van der Waals surface area contributed by atoms with Crippen LogP contribution in [0.4, 0.5) is 10.5 Å². The van der Waals surface area contributed by atoms with Crippen LogP contribution < -0.4 is 4.76 Å². The van der Waals surface area contributed by atoms with Crippen LogP contribution in [0, 0.1) is 5.21 Å². The average Bonchev–Trinajstić information content (AvgIpc) is 2.91. The predicted octanol–water partition coefficient (Wildman–Crippen LogP) is 0.944. The number of para-hydroxylation sites is 1. The van der Waals surface area contributed by atoms with Crippen LogP contribution in [0.5, 0.6) is 0 Å². The van der Waals surface area contributed by atoms with Gasteiger partial charge >= 0.3 is 18.0 Å². The van der Waals surface area contributed by atoms with Gasteiger partial charge in [-0.2, -0.15) is 10.1 Å². The van der Waals surface area contributed by atoms with Gasteiger partial charge < -0.3 is 15.1 Å². The van der Waals surface area contributed by atoms with Crippen molar-refractivity contribution >= 4 is 23.7 Å². The van der Waals surface area contributed by atoms with E-state index >= 15 is 0 Å². The summed E-state index contributed by atoms with van der Waals surface area (Å²) in [6.45, 7) is 2.01. The molecule has 0 aromatic heterocycles. The number of carbonyl (C=O) groups excluding carboxylic acids is 2. The summed E-state index contributed by atoms with van der Waals surface area (Å²) in [6.07, 6.45) is 1.39. The third-order valence-corrected chi connectivity index (χ3v) is 4.13. The first-order chi connectivity index (χ1) is 12.4. The number of amides is 2. The van der Waals surface area contributed by atoms with E-state index < -0.39 is 41.9 Å². The first kappa shape index (κ1) is 17.9. The number of carboxylic acids is 1. The molecule has 26 heavy (non-hydrogen) atoms. The van der Waals surface area contributed by atoms with Gasteiger partial charge in [-0.25, -0.2) is 19.1 Å². The SMILES string of the molecule is C=CCOC(=O)CON1C(=O)N2CC1c1ccccc1[N+]2([O-])CC(=O)O. The zero-order valence-electron chi connectivity index (χ0n) is 13.7. The number of hydroxylamine groups is 3. The molecule has 1 N–H and O–H groups in total. The third-order valence-electron chi connectivity index (χ3n) is 4.13. The van der Waals surface area contributed by atoms with Gasteiger partial charge in [-0.1, -0.05) is 30.9 Å². The topological polar surface area (TPSA) is 119 Å². The van der Waals surface area contributed by atoms with E-state index in [1.807, 2.05) is 0 Å². The molecule has 10 nitrogen and oxygen atoms in total. The van der Waals surface area contributed by atoms with Crippen molar-refractivity contribution in [1.29, 1.82) is 0 Å². The Kier molecular flexibility index (Phi) is 4.64. The van der Waals surface area contributed by atoms with Crippen LogP contribution in [0.25, 0.3) is 0 Å². The fourth-order valence-corrected chi connectivity index (χ4v) is 3.09. The second-order valence-electron chi connectivity index (χ2n) is 5.76. The van der Waals surface area contributed by atoms with Crippen LogP contribution >= 0.6 is 0 Å². The van der Waals surface area contributed by atoms with Crippen molar-refractivity contribution in [2.24, 2.45) is 0 Å². The first-order valence-electron chi connectivity index (χ1n) is 7.79. The van der Waals surface area contributed by atoms with E-state index in [1.165, 1.54) is 12.1 Å². The Bertz CT molecular complexity index is 768. The van der Waals surface area contributed by atoms with Crippen molar-refractivity contribution in [2.45, 2.75) is 6.04 Å². The minimum atomic E-state index is -1.44. The number of quaternary nitrogens is 1. The maximum absolute atomic E-state index is 13.3. The van der Waals surface area contributed by atoms with Gasteiger partial charge in [0, 0.05) is 11.6 Å². The molecule has 138 valence electrons. The molecule has 1 saturated heterocycles. The molecule has 10 heteroatoms. The molecule has 2 amide bonds. The Labute approximate surface area is 148 Å². The van der Waals surface area contributed by atoms with Crippen molar-refractivity contribution in [2.75, 3.05) is 26.3 Å². The highest BCUT2D eigenvalue weighted by Gasteiger charge is 2.55. The predicted molar refractivity (Wildman–Crippen MR) is 87.9 cm³/mol. The van der Waals surface area contributed by atoms with Gasteiger partial charge in [0.25, 0.3) is 0 Å². The van der Waals surface area contributed by atoms with Crippen LogP contribution in [-0.2, 0) is 19.2 Å². The average molecular weight is 363 g/mol. The van der Waals surface area contributed by atoms with Crippen LogP contribution in [0.15, 0.2) is 36.9 Å². The quantitative estimate of drug-likeness (QED) is 0.331. The van der Waals surface area contributed by atoms with Crippen LogP contribution in [-0.4, -0.2) is 59.5 Å². The highest BCUT2D eigenvalue weighted by atomic mass is 16.7. The smallest absolute Gasteiger partial charge is 0.389 e. The summed E-state index contributed by atoms with van der Waals surface area (Å²) in [6, 6.07) is 4.96. The van der Waals surface area contributed by atoms with Crippen molar-refractivity contribution < 1.29 is 29.1 Å². The summed E-state index contributed by atoms with van der Waals surface area (Å²) in [5, 5.41) is 24.2. The van der Waals surface area contributed by atoms with Gasteiger partial charge in [0.15, 0.2) is 12.3 Å². The van der Waals surface area contributed by atoms with E-state index in [9.17, 15) is 19.6 Å². The second-order valence-corrected chi connectivity index (χ2v) is 5.76. The Morgan fingerprint density at radius 2 is 2.15 bits per heavy atom. The van der Waals surface area contributed by atoms with Crippen LogP contribution in [0.3, 0.4) is 0 Å². The summed E-state index contributed by atoms with van der Waals surface area (Å²) in [5.74, 6) is -2.04. The van der Waals surface area contributed by atoms with E-state index in [1.54, 1.807) is 18.2 Å². The summed E-state index contributed by atoms with van der Waals surface area (Å²) < 4.78 is 3.34. The Morgan fingerprint density at radius 1 is 1.42 bits per heavy atom. The molecule has 1 fully saturated rings. The van der Waals surface area contributed by atoms with E-state index in [2.05, 4.69) is 6.58 Å². The van der Waals surface area contributed by atoms with Crippen LogP contribution in [0.1, 0.15) is 11.6 Å². The van der Waals surface area contributed by atoms with Crippen molar-refractivity contribution in [3.8, 4) is 0 Å².